The third kappa shape index (κ3) is 6.56. The molecule has 8 heteroatoms. The number of nitrogens with zero attached hydrogens (tertiary/aromatic N) is 6. The van der Waals surface area contributed by atoms with Gasteiger partial charge in [0.25, 0.3) is 0 Å². The van der Waals surface area contributed by atoms with Gasteiger partial charge in [-0.15, -0.1) is 0 Å². The van der Waals surface area contributed by atoms with E-state index >= 15 is 0 Å². The quantitative estimate of drug-likeness (QED) is 0.164. The van der Waals surface area contributed by atoms with E-state index in [9.17, 15) is 0 Å². The molecule has 69 heavy (non-hydrogen) atoms. The van der Waals surface area contributed by atoms with Crippen molar-refractivity contribution < 1.29 is 4.42 Å². The van der Waals surface area contributed by atoms with Crippen molar-refractivity contribution in [2.75, 3.05) is 14.7 Å². The molecular weight excluding hydrogens is 865 g/mol. The highest BCUT2D eigenvalue weighted by Gasteiger charge is 2.33. The zero-order valence-electron chi connectivity index (χ0n) is 36.9. The zero-order valence-corrected chi connectivity index (χ0v) is 37.8. The number of para-hydroxylation sites is 5. The van der Waals surface area contributed by atoms with Gasteiger partial charge in [0.1, 0.15) is 11.2 Å². The molecule has 0 unspecified atom stereocenters. The second-order valence-corrected chi connectivity index (χ2v) is 18.3. The van der Waals surface area contributed by atoms with Crippen molar-refractivity contribution in [3.63, 3.8) is 0 Å². The van der Waals surface area contributed by atoms with Gasteiger partial charge in [-0.3, -0.25) is 0 Å². The summed E-state index contributed by atoms with van der Waals surface area (Å²) >= 11 is 1.82. The Labute approximate surface area is 402 Å². The lowest BCUT2D eigenvalue weighted by atomic mass is 10.0. The third-order valence-corrected chi connectivity index (χ3v) is 14.3. The van der Waals surface area contributed by atoms with Gasteiger partial charge in [0.2, 0.25) is 0 Å². The van der Waals surface area contributed by atoms with Crippen LogP contribution in [0.2, 0.25) is 0 Å². The lowest BCUT2D eigenvalue weighted by Crippen LogP contribution is -2.24. The van der Waals surface area contributed by atoms with Crippen LogP contribution in [0.1, 0.15) is 0 Å². The van der Waals surface area contributed by atoms with E-state index in [0.29, 0.717) is 17.5 Å². The maximum Gasteiger partial charge on any atom is 0.164 e. The summed E-state index contributed by atoms with van der Waals surface area (Å²) in [5.74, 6) is 1.79. The summed E-state index contributed by atoms with van der Waals surface area (Å²) in [4.78, 5) is 25.0. The number of anilines is 9. The minimum Gasteiger partial charge on any atom is -0.456 e. The van der Waals surface area contributed by atoms with E-state index in [1.165, 1.54) is 20.6 Å². The fourth-order valence-electron chi connectivity index (χ4n) is 9.95. The topological polar surface area (TPSA) is 61.5 Å². The lowest BCUT2D eigenvalue weighted by molar-refractivity contribution is 0.669. The molecule has 2 aromatic heterocycles. The lowest BCUT2D eigenvalue weighted by Gasteiger charge is -2.41. The van der Waals surface area contributed by atoms with Crippen molar-refractivity contribution in [3.8, 4) is 34.2 Å². The molecule has 0 aliphatic carbocycles. The largest absolute Gasteiger partial charge is 0.456 e. The Bertz CT molecular complexity index is 3940. The summed E-state index contributed by atoms with van der Waals surface area (Å²) < 4.78 is 6.17. The van der Waals surface area contributed by atoms with Crippen molar-refractivity contribution in [2.45, 2.75) is 9.79 Å². The molecule has 0 amide bonds. The van der Waals surface area contributed by atoms with Gasteiger partial charge >= 0.3 is 0 Å². The average Bonchev–Trinajstić information content (AvgIpc) is 3.79. The Balaban J connectivity index is 0.916. The van der Waals surface area contributed by atoms with E-state index < -0.39 is 0 Å². The first-order valence-electron chi connectivity index (χ1n) is 23.0. The van der Waals surface area contributed by atoms with Crippen LogP contribution < -0.4 is 14.7 Å². The van der Waals surface area contributed by atoms with E-state index in [0.717, 1.165) is 89.8 Å². The highest BCUT2D eigenvalue weighted by atomic mass is 32.2. The van der Waals surface area contributed by atoms with Gasteiger partial charge < -0.3 is 19.1 Å². The Morgan fingerprint density at radius 3 is 1.54 bits per heavy atom. The highest BCUT2D eigenvalue weighted by Crippen LogP contribution is 2.57. The Hall–Kier alpha value is -8.98. The van der Waals surface area contributed by atoms with Crippen LogP contribution in [0.15, 0.2) is 245 Å². The highest BCUT2D eigenvalue weighted by molar-refractivity contribution is 7.99. The molecule has 7 nitrogen and oxygen atoms in total. The second kappa shape index (κ2) is 15.8. The number of hydrogen-bond donors (Lipinski definition) is 0. The molecule has 0 N–H and O–H groups in total. The number of benzene rings is 10. The molecule has 4 heterocycles. The number of aromatic nitrogens is 3. The summed E-state index contributed by atoms with van der Waals surface area (Å²) in [6, 6.07) is 81.3. The normalized spacial score (nSPS) is 12.8. The van der Waals surface area contributed by atoms with Crippen LogP contribution in [0.25, 0.3) is 66.9 Å². The van der Waals surface area contributed by atoms with Crippen molar-refractivity contribution in [1.29, 1.82) is 0 Å². The molecule has 324 valence electrons. The first kappa shape index (κ1) is 39.2. The molecule has 0 bridgehead atoms. The SMILES string of the molecule is c1ccc(-c2nc(-c3ccc(N4c5ccccc5N(c5ccc6ccccc6c5)c5cc(N6c7ccccc7Sc7ccccc76)ccc54)cc3)nc(-c3ccc4oc5ccccc5c4c3)n2)cc1. The summed E-state index contributed by atoms with van der Waals surface area (Å²) in [5.41, 5.74) is 14.1. The summed E-state index contributed by atoms with van der Waals surface area (Å²) in [6.45, 7) is 0. The number of hydrogen-bond acceptors (Lipinski definition) is 8. The molecular formula is C61H38N6OS. The molecule has 2 aliphatic heterocycles. The predicted molar refractivity (Wildman–Crippen MR) is 283 cm³/mol. The Morgan fingerprint density at radius 1 is 0.304 bits per heavy atom. The van der Waals surface area contributed by atoms with Gasteiger partial charge in [-0.25, -0.2) is 15.0 Å². The van der Waals surface area contributed by atoms with Gasteiger partial charge in [0.15, 0.2) is 17.5 Å². The van der Waals surface area contributed by atoms with E-state index in [1.807, 2.05) is 72.4 Å². The summed E-state index contributed by atoms with van der Waals surface area (Å²) in [5, 5.41) is 4.47. The standard InChI is InChI=1S/C61H38N6OS/c1-2-15-40(16-3-1)59-62-60(64-61(63-59)43-29-35-56-48(37-43)47-18-6-11-23-55(47)68-56)41-27-30-44(31-28-41)65-49-19-7-8-20-50(49)66(45-32-26-39-14-4-5-17-42(39)36-45)54-38-46(33-34-51(54)65)67-52-21-9-12-24-57(52)69-58-25-13-10-22-53(58)67/h1-38H. The van der Waals surface area contributed by atoms with Crippen LogP contribution in [0.3, 0.4) is 0 Å². The maximum absolute atomic E-state index is 6.17. The van der Waals surface area contributed by atoms with E-state index in [-0.39, 0.29) is 0 Å². The van der Waals surface area contributed by atoms with Crippen molar-refractivity contribution in [3.05, 3.63) is 231 Å². The molecule has 12 aromatic rings. The van der Waals surface area contributed by atoms with Crippen molar-refractivity contribution in [2.24, 2.45) is 0 Å². The van der Waals surface area contributed by atoms with Crippen LogP contribution in [0.5, 0.6) is 0 Å². The monoisotopic (exact) mass is 902 g/mol. The van der Waals surface area contributed by atoms with Gasteiger partial charge in [-0.2, -0.15) is 0 Å². The molecule has 14 rings (SSSR count). The fourth-order valence-corrected chi connectivity index (χ4v) is 11.0. The smallest absolute Gasteiger partial charge is 0.164 e. The maximum atomic E-state index is 6.17. The van der Waals surface area contributed by atoms with Crippen LogP contribution in [-0.4, -0.2) is 15.0 Å². The van der Waals surface area contributed by atoms with E-state index in [1.54, 1.807) is 0 Å². The molecule has 0 radical (unpaired) electrons. The first-order valence-corrected chi connectivity index (χ1v) is 23.8. The first-order chi connectivity index (χ1) is 34.2. The van der Waals surface area contributed by atoms with Crippen LogP contribution in [0.4, 0.5) is 51.2 Å². The molecule has 2 aliphatic rings. The second-order valence-electron chi connectivity index (χ2n) is 17.3. The Morgan fingerprint density at radius 2 is 0.797 bits per heavy atom. The van der Waals surface area contributed by atoms with Gasteiger partial charge in [0, 0.05) is 54.3 Å². The predicted octanol–water partition coefficient (Wildman–Crippen LogP) is 17.1. The molecule has 0 saturated carbocycles. The Kier molecular flexibility index (Phi) is 9.00. The van der Waals surface area contributed by atoms with Gasteiger partial charge in [0.05, 0.1) is 34.1 Å². The summed E-state index contributed by atoms with van der Waals surface area (Å²) in [6.07, 6.45) is 0. The van der Waals surface area contributed by atoms with Gasteiger partial charge in [-0.05, 0) is 126 Å². The fraction of sp³-hybridized carbons (Fsp3) is 0. The molecule has 10 aromatic carbocycles. The third-order valence-electron chi connectivity index (χ3n) is 13.2. The minimum absolute atomic E-state index is 0.592. The molecule has 0 saturated heterocycles. The van der Waals surface area contributed by atoms with Gasteiger partial charge in [-0.1, -0.05) is 127 Å². The van der Waals surface area contributed by atoms with Crippen molar-refractivity contribution >= 4 is 95.7 Å². The van der Waals surface area contributed by atoms with E-state index in [2.05, 4.69) is 185 Å². The van der Waals surface area contributed by atoms with Crippen LogP contribution in [-0.2, 0) is 0 Å². The minimum atomic E-state index is 0.592. The average molecular weight is 903 g/mol. The number of fused-ring (bicyclic) bond motifs is 8. The van der Waals surface area contributed by atoms with E-state index in [4.69, 9.17) is 19.4 Å². The van der Waals surface area contributed by atoms with Crippen molar-refractivity contribution in [1.82, 2.24) is 15.0 Å². The molecule has 0 spiro atoms. The molecule has 0 fully saturated rings. The van der Waals surface area contributed by atoms with Crippen LogP contribution in [0, 0.1) is 0 Å². The number of rotatable bonds is 6. The zero-order chi connectivity index (χ0) is 45.4. The van der Waals surface area contributed by atoms with Crippen LogP contribution >= 0.6 is 11.8 Å². The number of furan rings is 1. The molecule has 0 atom stereocenters. The summed E-state index contributed by atoms with van der Waals surface area (Å²) in [7, 11) is 0.